The molecule has 0 unspecified atom stereocenters. The zero-order valence-corrected chi connectivity index (χ0v) is 12.2. The van der Waals surface area contributed by atoms with Crippen molar-refractivity contribution in [2.75, 3.05) is 6.61 Å². The molecule has 3 nitrogen and oxygen atoms in total. The Balaban J connectivity index is 2.54. The second-order valence-electron chi connectivity index (χ2n) is 4.01. The van der Waals surface area contributed by atoms with Crippen LogP contribution >= 0.6 is 15.9 Å². The van der Waals surface area contributed by atoms with Crippen LogP contribution in [0.2, 0.25) is 0 Å². The van der Waals surface area contributed by atoms with E-state index in [4.69, 9.17) is 4.74 Å². The molecule has 2 rings (SSSR count). The summed E-state index contributed by atoms with van der Waals surface area (Å²) in [4.78, 5) is 11.8. The van der Waals surface area contributed by atoms with Crippen LogP contribution in [0.4, 0.5) is 4.39 Å². The van der Waals surface area contributed by atoms with E-state index in [1.807, 2.05) is 6.92 Å². The lowest BCUT2D eigenvalue weighted by atomic mass is 10.1. The van der Waals surface area contributed by atoms with Crippen LogP contribution < -0.4 is 10.3 Å². The van der Waals surface area contributed by atoms with Gasteiger partial charge in [0.15, 0.2) is 0 Å². The van der Waals surface area contributed by atoms with Crippen LogP contribution in [0.3, 0.4) is 0 Å². The number of hydrogen-bond donors (Lipinski definition) is 0. The van der Waals surface area contributed by atoms with E-state index in [2.05, 4.69) is 15.9 Å². The Morgan fingerprint density at radius 2 is 2.05 bits per heavy atom. The van der Waals surface area contributed by atoms with Crippen LogP contribution in [0.25, 0.3) is 11.3 Å². The monoisotopic (exact) mass is 325 g/mol. The molecule has 0 saturated heterocycles. The second kappa shape index (κ2) is 5.57. The van der Waals surface area contributed by atoms with Gasteiger partial charge in [0.25, 0.3) is 5.56 Å². The van der Waals surface area contributed by atoms with Gasteiger partial charge in [0.1, 0.15) is 11.6 Å². The number of ether oxygens (including phenoxy) is 1. The molecule has 0 aliphatic carbocycles. The van der Waals surface area contributed by atoms with Gasteiger partial charge in [-0.05, 0) is 47.1 Å². The van der Waals surface area contributed by atoms with Crippen LogP contribution in [0.1, 0.15) is 6.92 Å². The van der Waals surface area contributed by atoms with Gasteiger partial charge in [-0.25, -0.2) is 4.39 Å². The molecule has 1 aromatic heterocycles. The van der Waals surface area contributed by atoms with Crippen molar-refractivity contribution < 1.29 is 9.13 Å². The summed E-state index contributed by atoms with van der Waals surface area (Å²) >= 11 is 3.16. The molecule has 1 aromatic carbocycles. The minimum absolute atomic E-state index is 0.203. The maximum absolute atomic E-state index is 14.1. The SMILES string of the molecule is CCOc1ccc(-c2ccc(Br)c(=O)n2C)c(F)c1. The van der Waals surface area contributed by atoms with Gasteiger partial charge < -0.3 is 9.30 Å². The maximum Gasteiger partial charge on any atom is 0.265 e. The first-order chi connectivity index (χ1) is 9.04. The highest BCUT2D eigenvalue weighted by Gasteiger charge is 2.11. The van der Waals surface area contributed by atoms with Crippen molar-refractivity contribution in [1.82, 2.24) is 4.57 Å². The number of nitrogens with zero attached hydrogens (tertiary/aromatic N) is 1. The normalized spacial score (nSPS) is 10.5. The topological polar surface area (TPSA) is 31.2 Å². The molecule has 0 radical (unpaired) electrons. The quantitative estimate of drug-likeness (QED) is 0.866. The number of rotatable bonds is 3. The molecule has 100 valence electrons. The summed E-state index contributed by atoms with van der Waals surface area (Å²) in [6.45, 7) is 2.32. The molecule has 0 N–H and O–H groups in total. The van der Waals surface area contributed by atoms with Crippen molar-refractivity contribution in [3.8, 4) is 17.0 Å². The van der Waals surface area contributed by atoms with E-state index in [9.17, 15) is 9.18 Å². The van der Waals surface area contributed by atoms with E-state index in [1.54, 1.807) is 31.3 Å². The summed E-state index contributed by atoms with van der Waals surface area (Å²) < 4.78 is 21.2. The van der Waals surface area contributed by atoms with E-state index in [0.29, 0.717) is 28.1 Å². The fourth-order valence-corrected chi connectivity index (χ4v) is 2.23. The molecule has 2 aromatic rings. The first kappa shape index (κ1) is 13.8. The summed E-state index contributed by atoms with van der Waals surface area (Å²) in [6, 6.07) is 7.95. The highest BCUT2D eigenvalue weighted by Crippen LogP contribution is 2.25. The lowest BCUT2D eigenvalue weighted by Gasteiger charge is -2.11. The third-order valence-corrected chi connectivity index (χ3v) is 3.39. The maximum atomic E-state index is 14.1. The van der Waals surface area contributed by atoms with Crippen molar-refractivity contribution in [2.45, 2.75) is 6.92 Å². The number of pyridine rings is 1. The van der Waals surface area contributed by atoms with Crippen molar-refractivity contribution >= 4 is 15.9 Å². The Kier molecular flexibility index (Phi) is 4.04. The van der Waals surface area contributed by atoms with Crippen molar-refractivity contribution in [3.05, 3.63) is 51.0 Å². The molecule has 0 bridgehead atoms. The van der Waals surface area contributed by atoms with Gasteiger partial charge in [-0.2, -0.15) is 0 Å². The molecular formula is C14H13BrFNO2. The van der Waals surface area contributed by atoms with Gasteiger partial charge in [-0.15, -0.1) is 0 Å². The van der Waals surface area contributed by atoms with E-state index >= 15 is 0 Å². The van der Waals surface area contributed by atoms with E-state index in [-0.39, 0.29) is 5.56 Å². The zero-order valence-electron chi connectivity index (χ0n) is 10.6. The van der Waals surface area contributed by atoms with Gasteiger partial charge in [-0.3, -0.25) is 4.79 Å². The molecule has 0 atom stereocenters. The van der Waals surface area contributed by atoms with E-state index < -0.39 is 5.82 Å². The molecule has 19 heavy (non-hydrogen) atoms. The molecule has 0 aliphatic rings. The first-order valence-electron chi connectivity index (χ1n) is 5.83. The van der Waals surface area contributed by atoms with Gasteiger partial charge >= 0.3 is 0 Å². The van der Waals surface area contributed by atoms with Crippen molar-refractivity contribution in [2.24, 2.45) is 7.05 Å². The van der Waals surface area contributed by atoms with Crippen LogP contribution in [0.15, 0.2) is 39.6 Å². The number of benzene rings is 1. The molecule has 1 heterocycles. The molecule has 0 fully saturated rings. The molecule has 0 saturated carbocycles. The Labute approximate surface area is 118 Å². The largest absolute Gasteiger partial charge is 0.494 e. The molecule has 0 aliphatic heterocycles. The van der Waals surface area contributed by atoms with E-state index in [0.717, 1.165) is 0 Å². The van der Waals surface area contributed by atoms with Crippen molar-refractivity contribution in [3.63, 3.8) is 0 Å². The van der Waals surface area contributed by atoms with Gasteiger partial charge in [0.2, 0.25) is 0 Å². The van der Waals surface area contributed by atoms with Gasteiger partial charge in [-0.1, -0.05) is 0 Å². The smallest absolute Gasteiger partial charge is 0.265 e. The standard InChI is InChI=1S/C14H13BrFNO2/c1-3-19-9-4-5-10(12(16)8-9)13-7-6-11(15)14(18)17(13)2/h4-8H,3H2,1-2H3. The fraction of sp³-hybridized carbons (Fsp3) is 0.214. The molecular weight excluding hydrogens is 313 g/mol. The molecule has 0 spiro atoms. The van der Waals surface area contributed by atoms with Gasteiger partial charge in [0, 0.05) is 18.7 Å². The summed E-state index contributed by atoms with van der Waals surface area (Å²) in [5.74, 6) is 0.0640. The number of halogens is 2. The van der Waals surface area contributed by atoms with Crippen LogP contribution in [0.5, 0.6) is 5.75 Å². The third kappa shape index (κ3) is 2.71. The van der Waals surface area contributed by atoms with Crippen LogP contribution in [-0.4, -0.2) is 11.2 Å². The van der Waals surface area contributed by atoms with Crippen LogP contribution in [0, 0.1) is 5.82 Å². The first-order valence-corrected chi connectivity index (χ1v) is 6.62. The second-order valence-corrected chi connectivity index (χ2v) is 4.86. The Morgan fingerprint density at radius 1 is 1.32 bits per heavy atom. The van der Waals surface area contributed by atoms with Crippen molar-refractivity contribution in [1.29, 1.82) is 0 Å². The van der Waals surface area contributed by atoms with Gasteiger partial charge in [0.05, 0.1) is 16.8 Å². The lowest BCUT2D eigenvalue weighted by molar-refractivity contribution is 0.338. The average Bonchev–Trinajstić information content (AvgIpc) is 2.38. The summed E-state index contributed by atoms with van der Waals surface area (Å²) in [6.07, 6.45) is 0. The highest BCUT2D eigenvalue weighted by molar-refractivity contribution is 9.10. The fourth-order valence-electron chi connectivity index (χ4n) is 1.84. The third-order valence-electron chi connectivity index (χ3n) is 2.79. The van der Waals surface area contributed by atoms with Crippen LogP contribution in [-0.2, 0) is 7.05 Å². The minimum atomic E-state index is -0.414. The predicted molar refractivity (Wildman–Crippen MR) is 75.9 cm³/mol. The van der Waals surface area contributed by atoms with E-state index in [1.165, 1.54) is 10.6 Å². The summed E-state index contributed by atoms with van der Waals surface area (Å²) in [7, 11) is 1.61. The molecule has 0 amide bonds. The summed E-state index contributed by atoms with van der Waals surface area (Å²) in [5.41, 5.74) is 0.690. The minimum Gasteiger partial charge on any atom is -0.494 e. The highest BCUT2D eigenvalue weighted by atomic mass is 79.9. The number of aromatic nitrogens is 1. The molecule has 5 heteroatoms. The average molecular weight is 326 g/mol. The zero-order chi connectivity index (χ0) is 14.0. The lowest BCUT2D eigenvalue weighted by Crippen LogP contribution is -2.18. The Bertz CT molecular complexity index is 667. The predicted octanol–water partition coefficient (Wildman–Crippen LogP) is 3.35. The number of hydrogen-bond acceptors (Lipinski definition) is 2. The Hall–Kier alpha value is -1.62. The Morgan fingerprint density at radius 3 is 2.68 bits per heavy atom. The summed E-state index contributed by atoms with van der Waals surface area (Å²) in [5, 5.41) is 0.